The van der Waals surface area contributed by atoms with Gasteiger partial charge < -0.3 is 9.88 Å². The molecule has 4 rings (SSSR count). The monoisotopic (exact) mass is 347 g/mol. The third-order valence-corrected chi connectivity index (χ3v) is 4.86. The summed E-state index contributed by atoms with van der Waals surface area (Å²) in [5.41, 5.74) is 2.78. The number of nitrogens with one attached hydrogen (secondary N) is 1. The molecule has 1 fully saturated rings. The van der Waals surface area contributed by atoms with E-state index in [0.29, 0.717) is 17.8 Å². The first-order valence-electron chi connectivity index (χ1n) is 8.54. The molecule has 0 radical (unpaired) electrons. The lowest BCUT2D eigenvalue weighted by molar-refractivity contribution is -0.384. The summed E-state index contributed by atoms with van der Waals surface area (Å²) in [4.78, 5) is 21.1. The fourth-order valence-electron chi connectivity index (χ4n) is 3.59. The Balaban J connectivity index is 1.65. The van der Waals surface area contributed by atoms with Crippen molar-refractivity contribution >= 4 is 22.4 Å². The smallest absolute Gasteiger partial charge is 0.293 e. The number of nitro benzene ring substituents is 1. The third kappa shape index (κ3) is 2.86. The number of hydrogen-bond donors (Lipinski definition) is 1. The summed E-state index contributed by atoms with van der Waals surface area (Å²) in [7, 11) is 0. The summed E-state index contributed by atoms with van der Waals surface area (Å²) in [6, 6.07) is 14.5. The average molecular weight is 347 g/mol. The number of nitro groups is 1. The van der Waals surface area contributed by atoms with E-state index in [0.717, 1.165) is 36.2 Å². The van der Waals surface area contributed by atoms with E-state index in [-0.39, 0.29) is 11.6 Å². The molecule has 0 aliphatic carbocycles. The van der Waals surface area contributed by atoms with Gasteiger partial charge in [-0.25, -0.2) is 4.98 Å². The molecule has 130 valence electrons. The van der Waals surface area contributed by atoms with Gasteiger partial charge in [-0.1, -0.05) is 12.1 Å². The Labute approximate surface area is 150 Å². The molecule has 0 spiro atoms. The number of rotatable bonds is 3. The Kier molecular flexibility index (Phi) is 4.01. The minimum absolute atomic E-state index is 0.0192. The number of benzene rings is 2. The SMILES string of the molecule is N#Cc1ccc(N2CCCC(c3nc4ccccc4[nH]3)C2)c([N+](=O)[O-])c1. The van der Waals surface area contributed by atoms with Crippen LogP contribution in [0.3, 0.4) is 0 Å². The van der Waals surface area contributed by atoms with Crippen LogP contribution in [-0.2, 0) is 0 Å². The molecule has 1 unspecified atom stereocenters. The van der Waals surface area contributed by atoms with Crippen LogP contribution in [0, 0.1) is 21.4 Å². The molecule has 1 aromatic heterocycles. The van der Waals surface area contributed by atoms with Crippen LogP contribution in [-0.4, -0.2) is 28.0 Å². The number of para-hydroxylation sites is 2. The molecule has 3 aromatic rings. The summed E-state index contributed by atoms with van der Waals surface area (Å²) in [6.45, 7) is 1.41. The Morgan fingerprint density at radius 2 is 2.15 bits per heavy atom. The second kappa shape index (κ2) is 6.48. The number of piperidine rings is 1. The van der Waals surface area contributed by atoms with E-state index in [1.54, 1.807) is 12.1 Å². The molecule has 0 bridgehead atoms. The van der Waals surface area contributed by atoms with Gasteiger partial charge in [0.25, 0.3) is 5.69 Å². The van der Waals surface area contributed by atoms with Crippen molar-refractivity contribution in [2.75, 3.05) is 18.0 Å². The fraction of sp³-hybridized carbons (Fsp3) is 0.263. The van der Waals surface area contributed by atoms with Gasteiger partial charge in [0, 0.05) is 25.1 Å². The summed E-state index contributed by atoms with van der Waals surface area (Å²) in [6.07, 6.45) is 1.92. The lowest BCUT2D eigenvalue weighted by Crippen LogP contribution is -2.35. The lowest BCUT2D eigenvalue weighted by Gasteiger charge is -2.33. The quantitative estimate of drug-likeness (QED) is 0.575. The van der Waals surface area contributed by atoms with Crippen molar-refractivity contribution in [1.29, 1.82) is 5.26 Å². The van der Waals surface area contributed by atoms with Crippen LogP contribution >= 0.6 is 0 Å². The van der Waals surface area contributed by atoms with Crippen molar-refractivity contribution in [3.8, 4) is 6.07 Å². The average Bonchev–Trinajstić information content (AvgIpc) is 3.12. The Bertz CT molecular complexity index is 987. The number of fused-ring (bicyclic) bond motifs is 1. The molecule has 26 heavy (non-hydrogen) atoms. The Hall–Kier alpha value is -3.40. The predicted octanol–water partition coefficient (Wildman–Crippen LogP) is 3.73. The van der Waals surface area contributed by atoms with Gasteiger partial charge in [-0.2, -0.15) is 5.26 Å². The fourth-order valence-corrected chi connectivity index (χ4v) is 3.59. The van der Waals surface area contributed by atoms with E-state index < -0.39 is 4.92 Å². The van der Waals surface area contributed by atoms with Crippen molar-refractivity contribution in [3.63, 3.8) is 0 Å². The van der Waals surface area contributed by atoms with Crippen molar-refractivity contribution in [2.45, 2.75) is 18.8 Å². The number of aromatic amines is 1. The minimum Gasteiger partial charge on any atom is -0.365 e. The molecule has 1 N–H and O–H groups in total. The van der Waals surface area contributed by atoms with Crippen molar-refractivity contribution in [3.05, 3.63) is 64.0 Å². The molecule has 7 nitrogen and oxygen atoms in total. The lowest BCUT2D eigenvalue weighted by atomic mass is 9.96. The second-order valence-electron chi connectivity index (χ2n) is 6.50. The van der Waals surface area contributed by atoms with Gasteiger partial charge in [0.2, 0.25) is 0 Å². The zero-order chi connectivity index (χ0) is 18.1. The summed E-state index contributed by atoms with van der Waals surface area (Å²) >= 11 is 0. The number of aromatic nitrogens is 2. The highest BCUT2D eigenvalue weighted by molar-refractivity contribution is 5.75. The van der Waals surface area contributed by atoms with Crippen LogP contribution in [0.4, 0.5) is 11.4 Å². The van der Waals surface area contributed by atoms with Gasteiger partial charge in [-0.05, 0) is 37.1 Å². The highest BCUT2D eigenvalue weighted by atomic mass is 16.6. The van der Waals surface area contributed by atoms with Gasteiger partial charge in [-0.3, -0.25) is 10.1 Å². The highest BCUT2D eigenvalue weighted by Crippen LogP contribution is 2.35. The number of anilines is 1. The van der Waals surface area contributed by atoms with Crippen molar-refractivity contribution < 1.29 is 4.92 Å². The normalized spacial score (nSPS) is 17.2. The minimum atomic E-state index is -0.416. The Morgan fingerprint density at radius 3 is 2.92 bits per heavy atom. The van der Waals surface area contributed by atoms with Gasteiger partial charge in [0.15, 0.2) is 0 Å². The summed E-state index contributed by atoms with van der Waals surface area (Å²) in [5.74, 6) is 1.11. The zero-order valence-corrected chi connectivity index (χ0v) is 14.1. The standard InChI is InChI=1S/C19H17N5O2/c20-11-13-7-8-17(18(10-13)24(25)26)23-9-3-4-14(12-23)19-21-15-5-1-2-6-16(15)22-19/h1-2,5-8,10,14H,3-4,9,12H2,(H,21,22). The highest BCUT2D eigenvalue weighted by Gasteiger charge is 2.28. The van der Waals surface area contributed by atoms with Gasteiger partial charge in [0.1, 0.15) is 11.5 Å². The largest absolute Gasteiger partial charge is 0.365 e. The molecular formula is C19H17N5O2. The first-order valence-corrected chi connectivity index (χ1v) is 8.54. The maximum atomic E-state index is 11.5. The predicted molar refractivity (Wildman–Crippen MR) is 98.1 cm³/mol. The number of imidazole rings is 1. The molecule has 1 aliphatic rings. The topological polar surface area (TPSA) is 98.8 Å². The molecule has 7 heteroatoms. The molecule has 2 aromatic carbocycles. The van der Waals surface area contributed by atoms with E-state index >= 15 is 0 Å². The van der Waals surface area contributed by atoms with E-state index in [9.17, 15) is 10.1 Å². The summed E-state index contributed by atoms with van der Waals surface area (Å²) < 4.78 is 0. The molecule has 1 aliphatic heterocycles. The van der Waals surface area contributed by atoms with E-state index in [1.165, 1.54) is 6.07 Å². The summed E-state index contributed by atoms with van der Waals surface area (Å²) in [5, 5.41) is 20.5. The van der Waals surface area contributed by atoms with E-state index in [4.69, 9.17) is 10.2 Å². The maximum absolute atomic E-state index is 11.5. The number of nitriles is 1. The van der Waals surface area contributed by atoms with E-state index in [2.05, 4.69) is 4.98 Å². The van der Waals surface area contributed by atoms with Crippen LogP contribution in [0.2, 0.25) is 0 Å². The zero-order valence-electron chi connectivity index (χ0n) is 14.1. The van der Waals surface area contributed by atoms with Crippen LogP contribution < -0.4 is 4.90 Å². The molecule has 0 amide bonds. The molecule has 1 saturated heterocycles. The van der Waals surface area contributed by atoms with Crippen molar-refractivity contribution in [1.82, 2.24) is 9.97 Å². The first kappa shape index (κ1) is 16.1. The maximum Gasteiger partial charge on any atom is 0.293 e. The van der Waals surface area contributed by atoms with Crippen LogP contribution in [0.1, 0.15) is 30.1 Å². The van der Waals surface area contributed by atoms with Gasteiger partial charge >= 0.3 is 0 Å². The molecule has 0 saturated carbocycles. The third-order valence-electron chi connectivity index (χ3n) is 4.86. The van der Waals surface area contributed by atoms with Gasteiger partial charge in [0.05, 0.1) is 27.6 Å². The molecule has 2 heterocycles. The second-order valence-corrected chi connectivity index (χ2v) is 6.50. The Morgan fingerprint density at radius 1 is 1.31 bits per heavy atom. The van der Waals surface area contributed by atoms with Crippen molar-refractivity contribution in [2.24, 2.45) is 0 Å². The van der Waals surface area contributed by atoms with Crippen LogP contribution in [0.5, 0.6) is 0 Å². The number of nitrogens with zero attached hydrogens (tertiary/aromatic N) is 4. The molecule has 1 atom stereocenters. The molecular weight excluding hydrogens is 330 g/mol. The number of H-pyrrole nitrogens is 1. The van der Waals surface area contributed by atoms with Gasteiger partial charge in [-0.15, -0.1) is 0 Å². The van der Waals surface area contributed by atoms with E-state index in [1.807, 2.05) is 35.2 Å². The number of hydrogen-bond acceptors (Lipinski definition) is 5. The van der Waals surface area contributed by atoms with Crippen LogP contribution in [0.15, 0.2) is 42.5 Å². The first-order chi connectivity index (χ1) is 12.7. The van der Waals surface area contributed by atoms with Crippen LogP contribution in [0.25, 0.3) is 11.0 Å².